The standard InChI is InChI=1S/C12H15NO2/c1-8-3-4-11-10(7-8)12(15)5-6-13(11)9(2)14/h3-4,7,12,15H,5-6H2,1-2H3/t12-/m0/s1. The lowest BCUT2D eigenvalue weighted by Gasteiger charge is -2.31. The summed E-state index contributed by atoms with van der Waals surface area (Å²) in [6, 6.07) is 5.83. The number of rotatable bonds is 0. The van der Waals surface area contributed by atoms with Crippen molar-refractivity contribution in [1.29, 1.82) is 0 Å². The van der Waals surface area contributed by atoms with E-state index in [1.54, 1.807) is 11.8 Å². The maximum atomic E-state index is 11.4. The van der Waals surface area contributed by atoms with Crippen molar-refractivity contribution in [1.82, 2.24) is 0 Å². The number of hydrogen-bond donors (Lipinski definition) is 1. The molecule has 1 heterocycles. The number of benzene rings is 1. The molecule has 1 aliphatic rings. The first-order valence-electron chi connectivity index (χ1n) is 5.16. The van der Waals surface area contributed by atoms with Crippen LogP contribution < -0.4 is 4.90 Å². The number of aryl methyl sites for hydroxylation is 1. The number of anilines is 1. The number of aliphatic hydroxyl groups excluding tert-OH is 1. The van der Waals surface area contributed by atoms with E-state index in [1.165, 1.54) is 0 Å². The second-order valence-corrected chi connectivity index (χ2v) is 4.04. The summed E-state index contributed by atoms with van der Waals surface area (Å²) in [6.45, 7) is 4.15. The normalized spacial score (nSPS) is 19.9. The Labute approximate surface area is 89.3 Å². The van der Waals surface area contributed by atoms with Crippen LogP contribution in [0.2, 0.25) is 0 Å². The first-order valence-corrected chi connectivity index (χ1v) is 5.16. The summed E-state index contributed by atoms with van der Waals surface area (Å²) in [5.41, 5.74) is 2.83. The van der Waals surface area contributed by atoms with Crippen LogP contribution in [0, 0.1) is 6.92 Å². The molecule has 0 aromatic heterocycles. The minimum absolute atomic E-state index is 0.0343. The predicted molar refractivity (Wildman–Crippen MR) is 58.8 cm³/mol. The molecule has 0 spiro atoms. The van der Waals surface area contributed by atoms with Crippen molar-refractivity contribution in [2.24, 2.45) is 0 Å². The van der Waals surface area contributed by atoms with Gasteiger partial charge in [-0.1, -0.05) is 17.7 Å². The van der Waals surface area contributed by atoms with Crippen molar-refractivity contribution in [3.05, 3.63) is 29.3 Å². The molecule has 1 aliphatic heterocycles. The monoisotopic (exact) mass is 205 g/mol. The summed E-state index contributed by atoms with van der Waals surface area (Å²) in [5.74, 6) is 0.0343. The molecule has 1 amide bonds. The quantitative estimate of drug-likeness (QED) is 0.701. The molecule has 1 N–H and O–H groups in total. The lowest BCUT2D eigenvalue weighted by atomic mass is 9.97. The third kappa shape index (κ3) is 1.75. The van der Waals surface area contributed by atoms with Crippen LogP contribution in [0.4, 0.5) is 5.69 Å². The van der Waals surface area contributed by atoms with Crippen LogP contribution in [0.3, 0.4) is 0 Å². The number of carbonyl (C=O) groups excluding carboxylic acids is 1. The Morgan fingerprint density at radius 2 is 2.27 bits per heavy atom. The number of hydrogen-bond acceptors (Lipinski definition) is 2. The largest absolute Gasteiger partial charge is 0.388 e. The van der Waals surface area contributed by atoms with Gasteiger partial charge in [-0.15, -0.1) is 0 Å². The minimum atomic E-state index is -0.435. The molecule has 0 radical (unpaired) electrons. The lowest BCUT2D eigenvalue weighted by Crippen LogP contribution is -2.34. The highest BCUT2D eigenvalue weighted by Crippen LogP contribution is 2.34. The third-order valence-electron chi connectivity index (χ3n) is 2.84. The number of carbonyl (C=O) groups is 1. The van der Waals surface area contributed by atoms with Gasteiger partial charge in [-0.25, -0.2) is 0 Å². The van der Waals surface area contributed by atoms with Gasteiger partial charge in [0.15, 0.2) is 0 Å². The molecule has 3 heteroatoms. The number of nitrogens with zero attached hydrogens (tertiary/aromatic N) is 1. The molecule has 0 fully saturated rings. The minimum Gasteiger partial charge on any atom is -0.388 e. The van der Waals surface area contributed by atoms with E-state index in [2.05, 4.69) is 0 Å². The van der Waals surface area contributed by atoms with Gasteiger partial charge in [0.2, 0.25) is 5.91 Å². The Morgan fingerprint density at radius 3 is 2.93 bits per heavy atom. The molecule has 15 heavy (non-hydrogen) atoms. The summed E-state index contributed by atoms with van der Waals surface area (Å²) in [5, 5.41) is 9.85. The second-order valence-electron chi connectivity index (χ2n) is 4.04. The molecule has 1 aromatic rings. The zero-order chi connectivity index (χ0) is 11.0. The molecule has 3 nitrogen and oxygen atoms in total. The zero-order valence-corrected chi connectivity index (χ0v) is 9.03. The van der Waals surface area contributed by atoms with Gasteiger partial charge in [-0.05, 0) is 19.4 Å². The molecule has 2 rings (SSSR count). The fourth-order valence-electron chi connectivity index (χ4n) is 2.04. The maximum absolute atomic E-state index is 11.4. The van der Waals surface area contributed by atoms with Crippen LogP contribution in [0.1, 0.15) is 30.6 Å². The molecule has 0 unspecified atom stereocenters. The topological polar surface area (TPSA) is 40.5 Å². The Hall–Kier alpha value is -1.35. The molecule has 80 valence electrons. The highest BCUT2D eigenvalue weighted by molar-refractivity contribution is 5.93. The van der Waals surface area contributed by atoms with Gasteiger partial charge in [0, 0.05) is 24.7 Å². The van der Waals surface area contributed by atoms with E-state index in [-0.39, 0.29) is 5.91 Å². The van der Waals surface area contributed by atoms with Gasteiger partial charge in [0.1, 0.15) is 0 Å². The molecular weight excluding hydrogens is 190 g/mol. The van der Waals surface area contributed by atoms with Gasteiger partial charge in [-0.2, -0.15) is 0 Å². The highest BCUT2D eigenvalue weighted by atomic mass is 16.3. The first kappa shape index (κ1) is 10.2. The molecule has 1 aromatic carbocycles. The number of aliphatic hydroxyl groups is 1. The first-order chi connectivity index (χ1) is 7.09. The van der Waals surface area contributed by atoms with E-state index in [4.69, 9.17) is 0 Å². The van der Waals surface area contributed by atoms with Crippen molar-refractivity contribution in [3.8, 4) is 0 Å². The third-order valence-corrected chi connectivity index (χ3v) is 2.84. The van der Waals surface area contributed by atoms with Crippen LogP contribution in [0.15, 0.2) is 18.2 Å². The average Bonchev–Trinajstić information content (AvgIpc) is 2.19. The van der Waals surface area contributed by atoms with E-state index in [1.807, 2.05) is 25.1 Å². The average molecular weight is 205 g/mol. The predicted octanol–water partition coefficient (Wildman–Crippen LogP) is 1.79. The van der Waals surface area contributed by atoms with Crippen LogP contribution in [-0.2, 0) is 4.79 Å². The SMILES string of the molecule is CC(=O)N1CC[C@H](O)c2cc(C)ccc21. The molecular formula is C12H15NO2. The fraction of sp³-hybridized carbons (Fsp3) is 0.417. The van der Waals surface area contributed by atoms with Gasteiger partial charge in [0.25, 0.3) is 0 Å². The van der Waals surface area contributed by atoms with E-state index < -0.39 is 6.10 Å². The summed E-state index contributed by atoms with van der Waals surface area (Å²) in [6.07, 6.45) is 0.186. The molecule has 0 aliphatic carbocycles. The van der Waals surface area contributed by atoms with E-state index >= 15 is 0 Å². The van der Waals surface area contributed by atoms with Crippen LogP contribution >= 0.6 is 0 Å². The zero-order valence-electron chi connectivity index (χ0n) is 9.03. The number of amides is 1. The summed E-state index contributed by atoms with van der Waals surface area (Å²) in [7, 11) is 0. The van der Waals surface area contributed by atoms with E-state index in [0.29, 0.717) is 13.0 Å². The van der Waals surface area contributed by atoms with Crippen molar-refractivity contribution >= 4 is 11.6 Å². The van der Waals surface area contributed by atoms with Crippen molar-refractivity contribution < 1.29 is 9.90 Å². The molecule has 0 bridgehead atoms. The van der Waals surface area contributed by atoms with Gasteiger partial charge >= 0.3 is 0 Å². The highest BCUT2D eigenvalue weighted by Gasteiger charge is 2.25. The Balaban J connectivity index is 2.50. The van der Waals surface area contributed by atoms with Crippen molar-refractivity contribution in [2.45, 2.75) is 26.4 Å². The Morgan fingerprint density at radius 1 is 1.53 bits per heavy atom. The smallest absolute Gasteiger partial charge is 0.223 e. The maximum Gasteiger partial charge on any atom is 0.223 e. The summed E-state index contributed by atoms with van der Waals surface area (Å²) < 4.78 is 0. The van der Waals surface area contributed by atoms with Gasteiger partial charge in [-0.3, -0.25) is 4.79 Å². The van der Waals surface area contributed by atoms with E-state index in [9.17, 15) is 9.90 Å². The Bertz CT molecular complexity index is 401. The van der Waals surface area contributed by atoms with Crippen LogP contribution in [-0.4, -0.2) is 17.6 Å². The van der Waals surface area contributed by atoms with Crippen LogP contribution in [0.5, 0.6) is 0 Å². The molecule has 0 saturated carbocycles. The lowest BCUT2D eigenvalue weighted by molar-refractivity contribution is -0.116. The van der Waals surface area contributed by atoms with Crippen molar-refractivity contribution in [2.75, 3.05) is 11.4 Å². The van der Waals surface area contributed by atoms with Crippen LogP contribution in [0.25, 0.3) is 0 Å². The number of fused-ring (bicyclic) bond motifs is 1. The van der Waals surface area contributed by atoms with Gasteiger partial charge in [0.05, 0.1) is 6.10 Å². The van der Waals surface area contributed by atoms with E-state index in [0.717, 1.165) is 16.8 Å². The fourth-order valence-corrected chi connectivity index (χ4v) is 2.04. The van der Waals surface area contributed by atoms with Gasteiger partial charge < -0.3 is 10.0 Å². The van der Waals surface area contributed by atoms with Crippen molar-refractivity contribution in [3.63, 3.8) is 0 Å². The Kier molecular flexibility index (Phi) is 2.49. The molecule has 1 atom stereocenters. The molecule has 0 saturated heterocycles. The summed E-state index contributed by atoms with van der Waals surface area (Å²) in [4.78, 5) is 13.1. The second kappa shape index (κ2) is 3.66. The summed E-state index contributed by atoms with van der Waals surface area (Å²) >= 11 is 0.